The van der Waals surface area contributed by atoms with Crippen LogP contribution in [0.5, 0.6) is 0 Å². The van der Waals surface area contributed by atoms with Crippen molar-refractivity contribution in [2.75, 3.05) is 0 Å². The van der Waals surface area contributed by atoms with Crippen molar-refractivity contribution in [3.63, 3.8) is 0 Å². The van der Waals surface area contributed by atoms with E-state index in [0.717, 1.165) is 0 Å². The molecule has 0 aliphatic carbocycles. The molecule has 0 aromatic heterocycles. The quantitative estimate of drug-likeness (QED) is 0.383. The smallest absolute Gasteiger partial charge is 0.195 e. The highest BCUT2D eigenvalue weighted by Crippen LogP contribution is 2.19. The van der Waals surface area contributed by atoms with Crippen molar-refractivity contribution in [1.82, 2.24) is 0 Å². The second-order valence-corrected chi connectivity index (χ2v) is 2.61. The van der Waals surface area contributed by atoms with E-state index in [1.165, 1.54) is 6.07 Å². The third-order valence-electron chi connectivity index (χ3n) is 1.63. The van der Waals surface area contributed by atoms with Crippen LogP contribution < -0.4 is 0 Å². The van der Waals surface area contributed by atoms with Crippen molar-refractivity contribution < 1.29 is 17.6 Å². The topological polar surface area (TPSA) is 0 Å². The van der Waals surface area contributed by atoms with Gasteiger partial charge in [-0.3, -0.25) is 0 Å². The first kappa shape index (κ1) is 10.0. The normalized spacial score (nSPS) is 10.5. The van der Waals surface area contributed by atoms with Crippen LogP contribution in [0.25, 0.3) is 0 Å². The van der Waals surface area contributed by atoms with Crippen LogP contribution in [-0.2, 0) is 6.42 Å². The number of hydrogen-bond donors (Lipinski definition) is 0. The second-order valence-electron chi connectivity index (χ2n) is 2.61. The molecule has 1 aromatic rings. The number of rotatable bonds is 2. The Labute approximate surface area is 73.2 Å². The standard InChI is InChI=1S/C9H7F4/c1-2-3-5-6(10)4-7(11)9(13)8(5)12/h2-3H2,1H3. The van der Waals surface area contributed by atoms with E-state index in [1.54, 1.807) is 6.92 Å². The molecule has 0 unspecified atom stereocenters. The molecule has 1 aromatic carbocycles. The van der Waals surface area contributed by atoms with Crippen LogP contribution >= 0.6 is 0 Å². The number of hydrogen-bond acceptors (Lipinski definition) is 0. The molecule has 4 heteroatoms. The predicted molar refractivity (Wildman–Crippen MR) is 39.1 cm³/mol. The predicted octanol–water partition coefficient (Wildman–Crippen LogP) is 3.00. The molecule has 0 spiro atoms. The van der Waals surface area contributed by atoms with Gasteiger partial charge in [0.25, 0.3) is 0 Å². The van der Waals surface area contributed by atoms with Crippen molar-refractivity contribution in [2.24, 2.45) is 0 Å². The third-order valence-corrected chi connectivity index (χ3v) is 1.63. The minimum atomic E-state index is -1.66. The molecule has 1 rings (SSSR count). The van der Waals surface area contributed by atoms with Crippen molar-refractivity contribution in [3.05, 3.63) is 34.9 Å². The fraction of sp³-hybridized carbons (Fsp3) is 0.333. The SMILES string of the molecule is CCCc1c(F)[c]c(F)c(F)c1F. The summed E-state index contributed by atoms with van der Waals surface area (Å²) in [5.74, 6) is -5.88. The Bertz CT molecular complexity index is 320. The molecule has 0 amide bonds. The van der Waals surface area contributed by atoms with Gasteiger partial charge in [-0.15, -0.1) is 0 Å². The summed E-state index contributed by atoms with van der Waals surface area (Å²) in [5.41, 5.74) is -0.443. The summed E-state index contributed by atoms with van der Waals surface area (Å²) in [6.07, 6.45) is 0.484. The Kier molecular flexibility index (Phi) is 2.90. The summed E-state index contributed by atoms with van der Waals surface area (Å²) in [6.45, 7) is 1.68. The van der Waals surface area contributed by atoms with Gasteiger partial charge >= 0.3 is 0 Å². The van der Waals surface area contributed by atoms with Gasteiger partial charge in [-0.2, -0.15) is 0 Å². The molecule has 0 bridgehead atoms. The van der Waals surface area contributed by atoms with Crippen molar-refractivity contribution in [2.45, 2.75) is 19.8 Å². The summed E-state index contributed by atoms with van der Waals surface area (Å²) >= 11 is 0. The summed E-state index contributed by atoms with van der Waals surface area (Å²) < 4.78 is 50.5. The van der Waals surface area contributed by atoms with Gasteiger partial charge in [-0.1, -0.05) is 13.3 Å². The van der Waals surface area contributed by atoms with E-state index in [0.29, 0.717) is 6.42 Å². The van der Waals surface area contributed by atoms with Crippen molar-refractivity contribution >= 4 is 0 Å². The molecule has 0 heterocycles. The van der Waals surface area contributed by atoms with E-state index in [9.17, 15) is 17.6 Å². The first-order chi connectivity index (χ1) is 6.07. The van der Waals surface area contributed by atoms with Crippen LogP contribution in [0.15, 0.2) is 0 Å². The zero-order valence-corrected chi connectivity index (χ0v) is 6.93. The van der Waals surface area contributed by atoms with E-state index in [-0.39, 0.29) is 6.42 Å². The van der Waals surface area contributed by atoms with Crippen LogP contribution in [-0.4, -0.2) is 0 Å². The summed E-state index contributed by atoms with van der Waals surface area (Å²) in [4.78, 5) is 0. The molecular formula is C9H7F4. The van der Waals surface area contributed by atoms with E-state index < -0.39 is 28.8 Å². The largest absolute Gasteiger partial charge is 0.206 e. The van der Waals surface area contributed by atoms with Crippen LogP contribution in [0.3, 0.4) is 0 Å². The van der Waals surface area contributed by atoms with Crippen LogP contribution in [0, 0.1) is 29.3 Å². The average molecular weight is 191 g/mol. The van der Waals surface area contributed by atoms with E-state index in [4.69, 9.17) is 0 Å². The Hall–Kier alpha value is -1.06. The van der Waals surface area contributed by atoms with Gasteiger partial charge in [0.15, 0.2) is 17.5 Å². The maximum absolute atomic E-state index is 12.8. The van der Waals surface area contributed by atoms with Crippen LogP contribution in [0.2, 0.25) is 0 Å². The highest BCUT2D eigenvalue weighted by Gasteiger charge is 2.18. The summed E-state index contributed by atoms with van der Waals surface area (Å²) in [5, 5.41) is 0. The van der Waals surface area contributed by atoms with Gasteiger partial charge in [0, 0.05) is 5.56 Å². The minimum absolute atomic E-state index is 0.0331. The fourth-order valence-corrected chi connectivity index (χ4v) is 1.02. The summed E-state index contributed by atoms with van der Waals surface area (Å²) in [7, 11) is 0. The Morgan fingerprint density at radius 1 is 1.00 bits per heavy atom. The van der Waals surface area contributed by atoms with Crippen LogP contribution in [0.1, 0.15) is 18.9 Å². The Morgan fingerprint density at radius 3 is 2.15 bits per heavy atom. The summed E-state index contributed by atoms with van der Waals surface area (Å²) in [6, 6.07) is 1.48. The molecule has 0 N–H and O–H groups in total. The molecule has 0 saturated heterocycles. The van der Waals surface area contributed by atoms with E-state index in [2.05, 4.69) is 0 Å². The van der Waals surface area contributed by atoms with Gasteiger partial charge in [-0.05, 0) is 6.42 Å². The zero-order valence-electron chi connectivity index (χ0n) is 6.93. The van der Waals surface area contributed by atoms with Crippen molar-refractivity contribution in [1.29, 1.82) is 0 Å². The maximum atomic E-state index is 12.8. The molecule has 0 aliphatic heterocycles. The second kappa shape index (κ2) is 3.77. The maximum Gasteiger partial charge on any atom is 0.195 e. The molecule has 71 valence electrons. The zero-order chi connectivity index (χ0) is 10.0. The molecule has 0 aliphatic rings. The first-order valence-electron chi connectivity index (χ1n) is 3.82. The van der Waals surface area contributed by atoms with Crippen LogP contribution in [0.4, 0.5) is 17.6 Å². The van der Waals surface area contributed by atoms with Gasteiger partial charge < -0.3 is 0 Å². The molecular weight excluding hydrogens is 184 g/mol. The third kappa shape index (κ3) is 1.82. The monoisotopic (exact) mass is 191 g/mol. The Balaban J connectivity index is 3.26. The van der Waals surface area contributed by atoms with Crippen molar-refractivity contribution in [3.8, 4) is 0 Å². The van der Waals surface area contributed by atoms with Gasteiger partial charge in [-0.25, -0.2) is 17.6 Å². The average Bonchev–Trinajstić information content (AvgIpc) is 2.09. The lowest BCUT2D eigenvalue weighted by Gasteiger charge is -2.03. The number of halogens is 4. The lowest BCUT2D eigenvalue weighted by Crippen LogP contribution is -2.02. The van der Waals surface area contributed by atoms with E-state index in [1.807, 2.05) is 0 Å². The van der Waals surface area contributed by atoms with Gasteiger partial charge in [0.1, 0.15) is 5.82 Å². The molecule has 0 fully saturated rings. The van der Waals surface area contributed by atoms with Gasteiger partial charge in [0.05, 0.1) is 6.07 Å². The Morgan fingerprint density at radius 2 is 1.62 bits per heavy atom. The molecule has 0 saturated carbocycles. The van der Waals surface area contributed by atoms with Gasteiger partial charge in [0.2, 0.25) is 0 Å². The minimum Gasteiger partial charge on any atom is -0.206 e. The lowest BCUT2D eigenvalue weighted by atomic mass is 10.1. The molecule has 0 nitrogen and oxygen atoms in total. The highest BCUT2D eigenvalue weighted by molar-refractivity contribution is 5.21. The lowest BCUT2D eigenvalue weighted by molar-refractivity contribution is 0.422. The number of benzene rings is 1. The molecule has 13 heavy (non-hydrogen) atoms. The fourth-order valence-electron chi connectivity index (χ4n) is 1.02. The molecule has 1 radical (unpaired) electrons. The van der Waals surface area contributed by atoms with E-state index >= 15 is 0 Å². The molecule has 0 atom stereocenters. The highest BCUT2D eigenvalue weighted by atomic mass is 19.2. The first-order valence-corrected chi connectivity index (χ1v) is 3.82.